The number of rotatable bonds is 4. The maximum absolute atomic E-state index is 12.1. The van der Waals surface area contributed by atoms with E-state index in [0.717, 1.165) is 11.1 Å². The minimum absolute atomic E-state index is 0.154. The van der Waals surface area contributed by atoms with Crippen LogP contribution >= 0.6 is 23.2 Å². The summed E-state index contributed by atoms with van der Waals surface area (Å²) in [5, 5.41) is -0.0302. The predicted molar refractivity (Wildman–Crippen MR) is 71.7 cm³/mol. The number of aryl methyl sites for hydroxylation is 1. The van der Waals surface area contributed by atoms with Crippen LogP contribution in [0.5, 0.6) is 5.75 Å². The molecule has 1 unspecified atom stereocenters. The number of halogens is 2. The Morgan fingerprint density at radius 1 is 1.47 bits per heavy atom. The Balaban J connectivity index is 3.47. The van der Waals surface area contributed by atoms with Gasteiger partial charge in [0.2, 0.25) is 0 Å². The standard InChI is InChI=1S/C13H16Cl2O2/c1-5-17-13-7(2)6-10(15)8(3)11(13)12(16)9(4)14/h6,9H,5H2,1-4H3. The number of Topliss-reactive ketones (excluding diaryl/α,β-unsaturated/α-hetero) is 1. The van der Waals surface area contributed by atoms with Gasteiger partial charge in [-0.3, -0.25) is 4.79 Å². The number of carbonyl (C=O) groups excluding carboxylic acids is 1. The van der Waals surface area contributed by atoms with Crippen molar-refractivity contribution < 1.29 is 9.53 Å². The highest BCUT2D eigenvalue weighted by molar-refractivity contribution is 6.35. The Labute approximate surface area is 112 Å². The predicted octanol–water partition coefficient (Wildman–Crippen LogP) is 4.17. The molecular weight excluding hydrogens is 259 g/mol. The molecule has 0 aliphatic heterocycles. The summed E-state index contributed by atoms with van der Waals surface area (Å²) in [6, 6.07) is 1.80. The summed E-state index contributed by atoms with van der Waals surface area (Å²) in [6.45, 7) is 7.69. The molecule has 1 aromatic rings. The van der Waals surface area contributed by atoms with Crippen molar-refractivity contribution in [1.29, 1.82) is 0 Å². The van der Waals surface area contributed by atoms with Gasteiger partial charge in [0, 0.05) is 5.02 Å². The van der Waals surface area contributed by atoms with Crippen LogP contribution in [0, 0.1) is 13.8 Å². The van der Waals surface area contributed by atoms with Gasteiger partial charge in [-0.15, -0.1) is 11.6 Å². The van der Waals surface area contributed by atoms with E-state index in [4.69, 9.17) is 27.9 Å². The quantitative estimate of drug-likeness (QED) is 0.609. The summed E-state index contributed by atoms with van der Waals surface area (Å²) in [4.78, 5) is 12.1. The second-order valence-electron chi connectivity index (χ2n) is 3.92. The van der Waals surface area contributed by atoms with Crippen molar-refractivity contribution in [3.63, 3.8) is 0 Å². The fourth-order valence-electron chi connectivity index (χ4n) is 1.68. The third kappa shape index (κ3) is 2.93. The number of hydrogen-bond acceptors (Lipinski definition) is 2. The molecule has 0 amide bonds. The second-order valence-corrected chi connectivity index (χ2v) is 4.98. The third-order valence-corrected chi connectivity index (χ3v) is 3.15. The van der Waals surface area contributed by atoms with Gasteiger partial charge < -0.3 is 4.74 Å². The van der Waals surface area contributed by atoms with Gasteiger partial charge in [0.15, 0.2) is 5.78 Å². The minimum Gasteiger partial charge on any atom is -0.493 e. The van der Waals surface area contributed by atoms with Crippen molar-refractivity contribution in [3.05, 3.63) is 27.8 Å². The molecule has 0 heterocycles. The van der Waals surface area contributed by atoms with Gasteiger partial charge in [0.25, 0.3) is 0 Å². The molecule has 0 spiro atoms. The largest absolute Gasteiger partial charge is 0.493 e. The maximum Gasteiger partial charge on any atom is 0.184 e. The highest BCUT2D eigenvalue weighted by Gasteiger charge is 2.23. The zero-order chi connectivity index (χ0) is 13.2. The summed E-state index contributed by atoms with van der Waals surface area (Å²) < 4.78 is 5.54. The van der Waals surface area contributed by atoms with E-state index in [1.54, 1.807) is 19.9 Å². The average molecular weight is 275 g/mol. The van der Waals surface area contributed by atoms with Crippen LogP contribution in [0.3, 0.4) is 0 Å². The number of alkyl halides is 1. The van der Waals surface area contributed by atoms with Crippen LogP contribution < -0.4 is 4.74 Å². The number of carbonyl (C=O) groups is 1. The van der Waals surface area contributed by atoms with E-state index < -0.39 is 5.38 Å². The molecule has 2 nitrogen and oxygen atoms in total. The van der Waals surface area contributed by atoms with E-state index in [9.17, 15) is 4.79 Å². The van der Waals surface area contributed by atoms with Crippen LogP contribution in [-0.4, -0.2) is 17.8 Å². The molecule has 0 aromatic heterocycles. The molecule has 0 radical (unpaired) electrons. The Hall–Kier alpha value is -0.730. The highest BCUT2D eigenvalue weighted by atomic mass is 35.5. The Kier molecular flexibility index (Phi) is 4.84. The van der Waals surface area contributed by atoms with E-state index in [2.05, 4.69) is 0 Å². The first kappa shape index (κ1) is 14.3. The van der Waals surface area contributed by atoms with Gasteiger partial charge >= 0.3 is 0 Å². The van der Waals surface area contributed by atoms with Gasteiger partial charge in [-0.25, -0.2) is 0 Å². The second kappa shape index (κ2) is 5.74. The smallest absolute Gasteiger partial charge is 0.184 e. The van der Waals surface area contributed by atoms with Gasteiger partial charge in [-0.05, 0) is 44.9 Å². The van der Waals surface area contributed by atoms with Crippen LogP contribution in [-0.2, 0) is 0 Å². The molecule has 0 fully saturated rings. The van der Waals surface area contributed by atoms with Crippen LogP contribution in [0.15, 0.2) is 6.07 Å². The molecule has 4 heteroatoms. The first-order valence-electron chi connectivity index (χ1n) is 5.50. The molecule has 1 aromatic carbocycles. The molecule has 1 rings (SSSR count). The SMILES string of the molecule is CCOc1c(C)cc(Cl)c(C)c1C(=O)C(C)Cl. The lowest BCUT2D eigenvalue weighted by Gasteiger charge is -2.16. The maximum atomic E-state index is 12.1. The normalized spacial score (nSPS) is 12.4. The molecule has 0 aliphatic carbocycles. The number of ketones is 1. The van der Waals surface area contributed by atoms with Gasteiger partial charge in [0.1, 0.15) is 5.75 Å². The van der Waals surface area contributed by atoms with E-state index in [1.807, 2.05) is 13.8 Å². The first-order chi connectivity index (χ1) is 7.90. The zero-order valence-electron chi connectivity index (χ0n) is 10.4. The molecule has 0 aliphatic rings. The first-order valence-corrected chi connectivity index (χ1v) is 6.32. The molecule has 0 saturated heterocycles. The summed E-state index contributed by atoms with van der Waals surface area (Å²) in [7, 11) is 0. The van der Waals surface area contributed by atoms with Crippen LogP contribution in [0.1, 0.15) is 35.3 Å². The monoisotopic (exact) mass is 274 g/mol. The minimum atomic E-state index is -0.592. The molecular formula is C13H16Cl2O2. The Morgan fingerprint density at radius 3 is 2.53 bits per heavy atom. The Bertz CT molecular complexity index is 440. The topological polar surface area (TPSA) is 26.3 Å². The van der Waals surface area contributed by atoms with Crippen molar-refractivity contribution in [3.8, 4) is 5.75 Å². The van der Waals surface area contributed by atoms with E-state index in [-0.39, 0.29) is 5.78 Å². The fourth-order valence-corrected chi connectivity index (χ4v) is 2.04. The van der Waals surface area contributed by atoms with Crippen LogP contribution in [0.25, 0.3) is 0 Å². The van der Waals surface area contributed by atoms with Gasteiger partial charge in [-0.2, -0.15) is 0 Å². The third-order valence-electron chi connectivity index (χ3n) is 2.56. The number of ether oxygens (including phenoxy) is 1. The van der Waals surface area contributed by atoms with Crippen molar-refractivity contribution >= 4 is 29.0 Å². The summed E-state index contributed by atoms with van der Waals surface area (Å²) in [5.41, 5.74) is 2.07. The molecule has 0 bridgehead atoms. The lowest BCUT2D eigenvalue weighted by atomic mass is 9.98. The molecule has 1 atom stereocenters. The summed E-state index contributed by atoms with van der Waals surface area (Å²) in [6.07, 6.45) is 0. The summed E-state index contributed by atoms with van der Waals surface area (Å²) in [5.74, 6) is 0.435. The lowest BCUT2D eigenvalue weighted by Crippen LogP contribution is -2.15. The highest BCUT2D eigenvalue weighted by Crippen LogP contribution is 2.33. The zero-order valence-corrected chi connectivity index (χ0v) is 11.9. The van der Waals surface area contributed by atoms with Gasteiger partial charge in [-0.1, -0.05) is 11.6 Å². The Morgan fingerprint density at radius 2 is 2.06 bits per heavy atom. The van der Waals surface area contributed by atoms with E-state index in [0.29, 0.717) is 22.9 Å². The molecule has 94 valence electrons. The van der Waals surface area contributed by atoms with Gasteiger partial charge in [0.05, 0.1) is 17.5 Å². The average Bonchev–Trinajstić information content (AvgIpc) is 2.25. The van der Waals surface area contributed by atoms with Crippen LogP contribution in [0.2, 0.25) is 5.02 Å². The van der Waals surface area contributed by atoms with Crippen LogP contribution in [0.4, 0.5) is 0 Å². The molecule has 17 heavy (non-hydrogen) atoms. The van der Waals surface area contributed by atoms with E-state index in [1.165, 1.54) is 0 Å². The number of benzene rings is 1. The van der Waals surface area contributed by atoms with Crippen molar-refractivity contribution in [1.82, 2.24) is 0 Å². The molecule has 0 N–H and O–H groups in total. The molecule has 0 saturated carbocycles. The lowest BCUT2D eigenvalue weighted by molar-refractivity contribution is 0.0987. The van der Waals surface area contributed by atoms with Crippen molar-refractivity contribution in [2.75, 3.05) is 6.61 Å². The number of hydrogen-bond donors (Lipinski definition) is 0. The fraction of sp³-hybridized carbons (Fsp3) is 0.462. The summed E-state index contributed by atoms with van der Waals surface area (Å²) >= 11 is 12.0. The van der Waals surface area contributed by atoms with E-state index >= 15 is 0 Å². The van der Waals surface area contributed by atoms with Crippen molar-refractivity contribution in [2.45, 2.75) is 33.1 Å². The van der Waals surface area contributed by atoms with Crippen molar-refractivity contribution in [2.24, 2.45) is 0 Å².